The molecule has 0 saturated heterocycles. The summed E-state index contributed by atoms with van der Waals surface area (Å²) >= 11 is 0. The van der Waals surface area contributed by atoms with Gasteiger partial charge in [-0.05, 0) is 30.7 Å². The van der Waals surface area contributed by atoms with Crippen LogP contribution in [0.25, 0.3) is 11.3 Å². The Hall–Kier alpha value is -4.79. The van der Waals surface area contributed by atoms with Gasteiger partial charge in [0.25, 0.3) is 11.6 Å². The average molecular weight is 455 g/mol. The molecule has 2 N–H and O–H groups in total. The molecule has 0 radical (unpaired) electrons. The summed E-state index contributed by atoms with van der Waals surface area (Å²) in [6.45, 7) is 2.10. The number of carbonyl (C=O) groups is 1. The van der Waals surface area contributed by atoms with E-state index in [1.165, 1.54) is 12.1 Å². The van der Waals surface area contributed by atoms with Gasteiger partial charge in [0.05, 0.1) is 16.3 Å². The predicted molar refractivity (Wildman–Crippen MR) is 128 cm³/mol. The smallest absolute Gasteiger partial charge is 0.289 e. The molecule has 0 aliphatic heterocycles. The number of carbonyl (C=O) groups excluding carboxylic acids is 1. The van der Waals surface area contributed by atoms with Crippen molar-refractivity contribution in [3.8, 4) is 17.0 Å². The number of hydrogen-bond acceptors (Lipinski definition) is 6. The van der Waals surface area contributed by atoms with Crippen molar-refractivity contribution in [1.82, 2.24) is 15.6 Å². The number of nitrogens with one attached hydrogen (secondary N) is 2. The molecule has 0 aliphatic rings. The summed E-state index contributed by atoms with van der Waals surface area (Å²) in [5.41, 5.74) is 6.01. The van der Waals surface area contributed by atoms with Gasteiger partial charge in [-0.2, -0.15) is 10.2 Å². The Balaban J connectivity index is 1.42. The van der Waals surface area contributed by atoms with E-state index in [0.29, 0.717) is 29.3 Å². The molecule has 0 saturated carbocycles. The van der Waals surface area contributed by atoms with E-state index < -0.39 is 10.8 Å². The second-order valence-corrected chi connectivity index (χ2v) is 7.41. The zero-order chi connectivity index (χ0) is 23.9. The molecule has 0 spiro atoms. The number of rotatable bonds is 8. The van der Waals surface area contributed by atoms with Gasteiger partial charge in [0.2, 0.25) is 0 Å². The van der Waals surface area contributed by atoms with Crippen LogP contribution >= 0.6 is 0 Å². The molecule has 9 heteroatoms. The Morgan fingerprint density at radius 1 is 1.06 bits per heavy atom. The summed E-state index contributed by atoms with van der Waals surface area (Å²) in [5, 5.41) is 21.9. The van der Waals surface area contributed by atoms with Crippen LogP contribution in [0.3, 0.4) is 0 Å². The van der Waals surface area contributed by atoms with Crippen LogP contribution in [-0.4, -0.2) is 26.7 Å². The normalized spacial score (nSPS) is 11.1. The monoisotopic (exact) mass is 455 g/mol. The number of hydrogen-bond donors (Lipinski definition) is 2. The number of hydrazone groups is 1. The number of aromatic nitrogens is 2. The van der Waals surface area contributed by atoms with E-state index in [1.807, 2.05) is 54.6 Å². The summed E-state index contributed by atoms with van der Waals surface area (Å²) in [4.78, 5) is 23.0. The molecule has 1 heterocycles. The highest BCUT2D eigenvalue weighted by Crippen LogP contribution is 2.23. The lowest BCUT2D eigenvalue weighted by Crippen LogP contribution is -2.19. The lowest BCUT2D eigenvalue weighted by molar-refractivity contribution is -0.384. The number of nitro benzene ring substituents is 1. The zero-order valence-corrected chi connectivity index (χ0v) is 18.3. The summed E-state index contributed by atoms with van der Waals surface area (Å²) in [6.07, 6.45) is 0. The average Bonchev–Trinajstić information content (AvgIpc) is 3.37. The summed E-state index contributed by atoms with van der Waals surface area (Å²) in [6, 6.07) is 24.9. The summed E-state index contributed by atoms with van der Waals surface area (Å²) in [7, 11) is 0. The minimum atomic E-state index is -0.486. The second kappa shape index (κ2) is 10.2. The maximum Gasteiger partial charge on any atom is 0.289 e. The largest absolute Gasteiger partial charge is 0.489 e. The highest BCUT2D eigenvalue weighted by Gasteiger charge is 2.12. The SMILES string of the molecule is C/C(=N/NC(=O)c1cc(-c2cccc(OCc3ccccc3)c2)n[nH]1)c1cccc([N+](=O)[O-])c1. The molecule has 3 aromatic carbocycles. The number of aromatic amines is 1. The molecule has 0 unspecified atom stereocenters. The summed E-state index contributed by atoms with van der Waals surface area (Å²) < 4.78 is 5.86. The number of nitrogens with zero attached hydrogens (tertiary/aromatic N) is 3. The van der Waals surface area contributed by atoms with E-state index >= 15 is 0 Å². The van der Waals surface area contributed by atoms with Gasteiger partial charge in [0, 0.05) is 23.3 Å². The van der Waals surface area contributed by atoms with Crippen LogP contribution in [0, 0.1) is 10.1 Å². The van der Waals surface area contributed by atoms with Gasteiger partial charge in [0.15, 0.2) is 0 Å². The van der Waals surface area contributed by atoms with Crippen LogP contribution in [0.1, 0.15) is 28.5 Å². The second-order valence-electron chi connectivity index (χ2n) is 7.41. The third kappa shape index (κ3) is 5.52. The van der Waals surface area contributed by atoms with Crippen molar-refractivity contribution >= 4 is 17.3 Å². The number of ether oxygens (including phenoxy) is 1. The van der Waals surface area contributed by atoms with Crippen LogP contribution in [0.2, 0.25) is 0 Å². The van der Waals surface area contributed by atoms with Crippen LogP contribution < -0.4 is 10.2 Å². The number of H-pyrrole nitrogens is 1. The van der Waals surface area contributed by atoms with Crippen LogP contribution in [0.4, 0.5) is 5.69 Å². The zero-order valence-electron chi connectivity index (χ0n) is 18.3. The number of nitro groups is 1. The molecular formula is C25H21N5O4. The molecule has 4 aromatic rings. The Morgan fingerprint density at radius 3 is 2.65 bits per heavy atom. The third-order valence-corrected chi connectivity index (χ3v) is 5.00. The fourth-order valence-corrected chi connectivity index (χ4v) is 3.18. The fraction of sp³-hybridized carbons (Fsp3) is 0.0800. The van der Waals surface area contributed by atoms with Crippen LogP contribution in [0.15, 0.2) is 90.0 Å². The lowest BCUT2D eigenvalue weighted by atomic mass is 10.1. The minimum absolute atomic E-state index is 0.0495. The van der Waals surface area contributed by atoms with Crippen molar-refractivity contribution in [1.29, 1.82) is 0 Å². The standard InChI is InChI=1S/C25H21N5O4/c1-17(19-9-5-11-21(13-19)30(32)33)26-29-25(31)24-15-23(27-28-24)20-10-6-12-22(14-20)34-16-18-7-3-2-4-8-18/h2-15H,16H2,1H3,(H,27,28)(H,29,31)/b26-17-. The topological polar surface area (TPSA) is 123 Å². The van der Waals surface area contributed by atoms with Gasteiger partial charge in [-0.15, -0.1) is 0 Å². The first-order chi connectivity index (χ1) is 16.5. The third-order valence-electron chi connectivity index (χ3n) is 5.00. The molecule has 1 aromatic heterocycles. The highest BCUT2D eigenvalue weighted by atomic mass is 16.6. The first-order valence-electron chi connectivity index (χ1n) is 10.4. The Bertz CT molecular complexity index is 1350. The maximum absolute atomic E-state index is 12.5. The molecule has 0 atom stereocenters. The van der Waals surface area contributed by atoms with Gasteiger partial charge in [-0.25, -0.2) is 5.43 Å². The van der Waals surface area contributed by atoms with Gasteiger partial charge in [0.1, 0.15) is 18.1 Å². The highest BCUT2D eigenvalue weighted by molar-refractivity contribution is 6.01. The van der Waals surface area contributed by atoms with Crippen molar-refractivity contribution in [2.24, 2.45) is 5.10 Å². The van der Waals surface area contributed by atoms with Gasteiger partial charge >= 0.3 is 0 Å². The molecule has 0 bridgehead atoms. The van der Waals surface area contributed by atoms with E-state index in [9.17, 15) is 14.9 Å². The molecule has 4 rings (SSSR count). The van der Waals surface area contributed by atoms with Gasteiger partial charge in [-0.1, -0.05) is 54.6 Å². The fourth-order valence-electron chi connectivity index (χ4n) is 3.18. The molecule has 1 amide bonds. The maximum atomic E-state index is 12.5. The van der Waals surface area contributed by atoms with Crippen LogP contribution in [0.5, 0.6) is 5.75 Å². The van der Waals surface area contributed by atoms with Gasteiger partial charge in [-0.3, -0.25) is 20.0 Å². The Kier molecular flexibility index (Phi) is 6.73. The first kappa shape index (κ1) is 22.4. The van der Waals surface area contributed by atoms with E-state index in [0.717, 1.165) is 11.1 Å². The first-order valence-corrected chi connectivity index (χ1v) is 10.4. The number of benzene rings is 3. The molecule has 0 aliphatic carbocycles. The lowest BCUT2D eigenvalue weighted by Gasteiger charge is -2.07. The predicted octanol–water partition coefficient (Wildman–Crippen LogP) is 4.72. The molecular weight excluding hydrogens is 434 g/mol. The number of amides is 1. The van der Waals surface area contributed by atoms with Crippen molar-refractivity contribution in [3.63, 3.8) is 0 Å². The molecule has 170 valence electrons. The number of non-ortho nitro benzene ring substituents is 1. The molecule has 34 heavy (non-hydrogen) atoms. The van der Waals surface area contributed by atoms with Gasteiger partial charge < -0.3 is 4.74 Å². The van der Waals surface area contributed by atoms with E-state index in [-0.39, 0.29) is 11.4 Å². The minimum Gasteiger partial charge on any atom is -0.489 e. The van der Waals surface area contributed by atoms with Crippen molar-refractivity contribution in [2.45, 2.75) is 13.5 Å². The molecule has 0 fully saturated rings. The van der Waals surface area contributed by atoms with Crippen molar-refractivity contribution < 1.29 is 14.5 Å². The quantitative estimate of drug-likeness (QED) is 0.226. The van der Waals surface area contributed by atoms with Crippen molar-refractivity contribution in [3.05, 3.63) is 112 Å². The van der Waals surface area contributed by atoms with E-state index in [2.05, 4.69) is 20.7 Å². The van der Waals surface area contributed by atoms with E-state index in [4.69, 9.17) is 4.74 Å². The van der Waals surface area contributed by atoms with E-state index in [1.54, 1.807) is 25.1 Å². The Labute approximate surface area is 195 Å². The molecule has 9 nitrogen and oxygen atoms in total. The Morgan fingerprint density at radius 2 is 1.85 bits per heavy atom. The van der Waals surface area contributed by atoms with Crippen LogP contribution in [-0.2, 0) is 6.61 Å². The summed E-state index contributed by atoms with van der Waals surface area (Å²) in [5.74, 6) is 0.201. The van der Waals surface area contributed by atoms with Crippen molar-refractivity contribution in [2.75, 3.05) is 0 Å².